The molecule has 0 unspecified atom stereocenters. The maximum atomic E-state index is 13.1. The molecular weight excluding hydrogens is 424 g/mol. The van der Waals surface area contributed by atoms with E-state index in [0.717, 1.165) is 22.2 Å². The van der Waals surface area contributed by atoms with Gasteiger partial charge in [0, 0.05) is 35.7 Å². The van der Waals surface area contributed by atoms with Gasteiger partial charge in [-0.15, -0.1) is 0 Å². The van der Waals surface area contributed by atoms with Gasteiger partial charge in [-0.25, -0.2) is 4.98 Å². The molecule has 0 saturated carbocycles. The minimum atomic E-state index is -0.167. The van der Waals surface area contributed by atoms with Gasteiger partial charge in [0.25, 0.3) is 5.91 Å². The molecule has 4 aromatic heterocycles. The molecule has 0 fully saturated rings. The van der Waals surface area contributed by atoms with Crippen LogP contribution in [0.5, 0.6) is 0 Å². The van der Waals surface area contributed by atoms with E-state index in [1.54, 1.807) is 18.7 Å². The molecule has 6 nitrogen and oxygen atoms in total. The van der Waals surface area contributed by atoms with Gasteiger partial charge in [0.2, 0.25) is 0 Å². The lowest BCUT2D eigenvalue weighted by molar-refractivity contribution is 0.0955. The summed E-state index contributed by atoms with van der Waals surface area (Å²) in [4.78, 5) is 21.5. The van der Waals surface area contributed by atoms with Crippen LogP contribution in [0, 0.1) is 0 Å². The number of rotatable bonds is 6. The largest absolute Gasteiger partial charge is 0.451 e. The maximum Gasteiger partial charge on any atom is 0.253 e. The van der Waals surface area contributed by atoms with Gasteiger partial charge in [0.1, 0.15) is 12.0 Å². The summed E-state index contributed by atoms with van der Waals surface area (Å²) in [6.45, 7) is 0.503. The molecule has 0 aliphatic heterocycles. The predicted molar refractivity (Wildman–Crippen MR) is 124 cm³/mol. The van der Waals surface area contributed by atoms with E-state index in [2.05, 4.69) is 15.3 Å². The van der Waals surface area contributed by atoms with Crippen LogP contribution in [-0.2, 0) is 6.42 Å². The van der Waals surface area contributed by atoms with Crippen LogP contribution >= 0.6 is 11.6 Å². The van der Waals surface area contributed by atoms with E-state index >= 15 is 0 Å². The van der Waals surface area contributed by atoms with E-state index in [4.69, 9.17) is 16.0 Å². The summed E-state index contributed by atoms with van der Waals surface area (Å²) in [7, 11) is 0. The highest BCUT2D eigenvalue weighted by atomic mass is 35.5. The third-order valence-electron chi connectivity index (χ3n) is 5.27. The van der Waals surface area contributed by atoms with Crippen molar-refractivity contribution in [2.45, 2.75) is 6.42 Å². The molecular formula is C25H19ClN4O2. The first-order chi connectivity index (χ1) is 15.7. The van der Waals surface area contributed by atoms with Crippen LogP contribution in [0.4, 0.5) is 0 Å². The van der Waals surface area contributed by atoms with E-state index in [0.29, 0.717) is 34.9 Å². The van der Waals surface area contributed by atoms with Crippen molar-refractivity contribution in [1.82, 2.24) is 19.7 Å². The number of benzene rings is 1. The number of halogens is 1. The molecule has 5 rings (SSSR count). The van der Waals surface area contributed by atoms with Crippen molar-refractivity contribution in [3.63, 3.8) is 0 Å². The predicted octanol–water partition coefficient (Wildman–Crippen LogP) is 5.28. The van der Waals surface area contributed by atoms with Crippen LogP contribution in [-0.4, -0.2) is 26.8 Å². The fraction of sp³-hybridized carbons (Fsp3) is 0.0800. The van der Waals surface area contributed by atoms with Crippen molar-refractivity contribution >= 4 is 23.0 Å². The molecule has 0 aliphatic rings. The van der Waals surface area contributed by atoms with Crippen LogP contribution in [0.15, 0.2) is 90.3 Å². The van der Waals surface area contributed by atoms with Crippen molar-refractivity contribution in [2.75, 3.05) is 6.54 Å². The van der Waals surface area contributed by atoms with Gasteiger partial charge in [-0.2, -0.15) is 0 Å². The third-order valence-corrected chi connectivity index (χ3v) is 5.50. The van der Waals surface area contributed by atoms with Crippen molar-refractivity contribution in [2.24, 2.45) is 0 Å². The normalized spacial score (nSPS) is 11.0. The Morgan fingerprint density at radius 1 is 1.09 bits per heavy atom. The molecule has 4 heterocycles. The zero-order chi connectivity index (χ0) is 21.9. The number of carbonyl (C=O) groups is 1. The minimum Gasteiger partial charge on any atom is -0.451 e. The van der Waals surface area contributed by atoms with Gasteiger partial charge in [-0.3, -0.25) is 9.78 Å². The van der Waals surface area contributed by atoms with Crippen molar-refractivity contribution in [1.29, 1.82) is 0 Å². The summed E-state index contributed by atoms with van der Waals surface area (Å²) in [6.07, 6.45) is 9.12. The smallest absolute Gasteiger partial charge is 0.253 e. The molecule has 0 radical (unpaired) electrons. The molecule has 5 aromatic rings. The van der Waals surface area contributed by atoms with Gasteiger partial charge in [-0.1, -0.05) is 35.9 Å². The Labute approximate surface area is 189 Å². The van der Waals surface area contributed by atoms with Crippen LogP contribution in [0.1, 0.15) is 15.9 Å². The molecule has 0 bridgehead atoms. The average molecular weight is 443 g/mol. The topological polar surface area (TPSA) is 72.4 Å². The van der Waals surface area contributed by atoms with Crippen molar-refractivity contribution in [3.05, 3.63) is 102 Å². The average Bonchev–Trinajstić information content (AvgIpc) is 3.47. The van der Waals surface area contributed by atoms with E-state index in [1.807, 2.05) is 65.2 Å². The lowest BCUT2D eigenvalue weighted by Gasteiger charge is -2.08. The van der Waals surface area contributed by atoms with Gasteiger partial charge >= 0.3 is 0 Å². The molecule has 0 saturated heterocycles. The number of nitrogens with zero attached hydrogens (tertiary/aromatic N) is 3. The Balaban J connectivity index is 1.50. The zero-order valence-electron chi connectivity index (χ0n) is 17.0. The number of nitrogens with one attached hydrogen (secondary N) is 1. The van der Waals surface area contributed by atoms with Crippen LogP contribution in [0.25, 0.3) is 28.0 Å². The fourth-order valence-corrected chi connectivity index (χ4v) is 3.92. The molecule has 7 heteroatoms. The Morgan fingerprint density at radius 3 is 2.81 bits per heavy atom. The second-order valence-electron chi connectivity index (χ2n) is 7.37. The molecule has 0 spiro atoms. The molecule has 0 atom stereocenters. The van der Waals surface area contributed by atoms with E-state index in [1.165, 1.54) is 6.39 Å². The Bertz CT molecular complexity index is 1380. The first kappa shape index (κ1) is 20.0. The van der Waals surface area contributed by atoms with E-state index in [9.17, 15) is 4.79 Å². The summed E-state index contributed by atoms with van der Waals surface area (Å²) in [5.41, 5.74) is 5.71. The van der Waals surface area contributed by atoms with Crippen molar-refractivity contribution < 1.29 is 9.21 Å². The second-order valence-corrected chi connectivity index (χ2v) is 7.81. The summed E-state index contributed by atoms with van der Waals surface area (Å²) in [5.74, 6) is -0.167. The zero-order valence-corrected chi connectivity index (χ0v) is 17.8. The third kappa shape index (κ3) is 4.00. The highest BCUT2D eigenvalue weighted by Crippen LogP contribution is 2.30. The molecule has 1 amide bonds. The quantitative estimate of drug-likeness (QED) is 0.388. The summed E-state index contributed by atoms with van der Waals surface area (Å²) < 4.78 is 7.17. The minimum absolute atomic E-state index is 0.167. The second kappa shape index (κ2) is 8.69. The fourth-order valence-electron chi connectivity index (χ4n) is 3.73. The summed E-state index contributed by atoms with van der Waals surface area (Å²) in [5, 5.41) is 3.68. The van der Waals surface area contributed by atoms with Crippen LogP contribution in [0.2, 0.25) is 5.02 Å². The standard InChI is InChI=1S/C25H19ClN4O2/c26-20-5-1-4-18(11-20)19-6-7-21-12-22(24(30(21)14-19)23-15-32-16-29-23)25(31)28-10-8-17-3-2-9-27-13-17/h1-7,9,11-16H,8,10H2,(H,28,31). The van der Waals surface area contributed by atoms with Gasteiger partial charge < -0.3 is 14.1 Å². The lowest BCUT2D eigenvalue weighted by Crippen LogP contribution is -2.26. The Kier molecular flexibility index (Phi) is 5.44. The van der Waals surface area contributed by atoms with Gasteiger partial charge in [0.15, 0.2) is 6.39 Å². The first-order valence-electron chi connectivity index (χ1n) is 10.2. The molecule has 0 aliphatic carbocycles. The number of amides is 1. The number of pyridine rings is 2. The maximum absolute atomic E-state index is 13.1. The highest BCUT2D eigenvalue weighted by molar-refractivity contribution is 6.30. The number of carbonyl (C=O) groups excluding carboxylic acids is 1. The van der Waals surface area contributed by atoms with Crippen LogP contribution in [0.3, 0.4) is 0 Å². The molecule has 1 aromatic carbocycles. The van der Waals surface area contributed by atoms with E-state index in [-0.39, 0.29) is 5.91 Å². The van der Waals surface area contributed by atoms with Crippen molar-refractivity contribution in [3.8, 4) is 22.5 Å². The van der Waals surface area contributed by atoms with Gasteiger partial charge in [0.05, 0.1) is 11.3 Å². The number of oxazole rings is 1. The lowest BCUT2D eigenvalue weighted by atomic mass is 10.1. The summed E-state index contributed by atoms with van der Waals surface area (Å²) >= 11 is 6.18. The van der Waals surface area contributed by atoms with Crippen LogP contribution < -0.4 is 5.32 Å². The van der Waals surface area contributed by atoms with Gasteiger partial charge in [-0.05, 0) is 53.4 Å². The number of fused-ring (bicyclic) bond motifs is 1. The number of hydrogen-bond donors (Lipinski definition) is 1. The first-order valence-corrected chi connectivity index (χ1v) is 10.5. The monoisotopic (exact) mass is 442 g/mol. The SMILES string of the molecule is O=C(NCCc1cccnc1)c1cc2ccc(-c3cccc(Cl)c3)cn2c1-c1cocn1. The number of hydrogen-bond acceptors (Lipinski definition) is 4. The highest BCUT2D eigenvalue weighted by Gasteiger charge is 2.20. The molecule has 32 heavy (non-hydrogen) atoms. The molecule has 1 N–H and O–H groups in total. The number of aromatic nitrogens is 3. The van der Waals surface area contributed by atoms with E-state index < -0.39 is 0 Å². The Morgan fingerprint density at radius 2 is 2.03 bits per heavy atom. The Hall–Kier alpha value is -3.90. The molecule has 158 valence electrons. The summed E-state index contributed by atoms with van der Waals surface area (Å²) in [6, 6.07) is 17.4.